The summed E-state index contributed by atoms with van der Waals surface area (Å²) in [6.07, 6.45) is 2.64. The minimum absolute atomic E-state index is 0.215. The molecule has 1 aromatic carbocycles. The van der Waals surface area contributed by atoms with E-state index in [4.69, 9.17) is 0 Å². The molecule has 0 radical (unpaired) electrons. The number of likely N-dealkylation sites (tertiary alicyclic amines) is 1. The zero-order chi connectivity index (χ0) is 14.7. The highest BCUT2D eigenvalue weighted by molar-refractivity contribution is 7.11. The number of piperidine rings is 1. The number of benzene rings is 1. The Morgan fingerprint density at radius 3 is 2.86 bits per heavy atom. The quantitative estimate of drug-likeness (QED) is 0.876. The van der Waals surface area contributed by atoms with E-state index in [0.717, 1.165) is 41.5 Å². The number of carbonyl (C=O) groups excluding carboxylic acids is 1. The topological polar surface area (TPSA) is 46.1 Å². The van der Waals surface area contributed by atoms with Crippen molar-refractivity contribution in [2.45, 2.75) is 32.1 Å². The normalized spacial score (nSPS) is 18.7. The fraction of sp³-hybridized carbons (Fsp3) is 0.438. The Balaban J connectivity index is 1.64. The van der Waals surface area contributed by atoms with Gasteiger partial charge in [-0.05, 0) is 25.3 Å². The van der Waals surface area contributed by atoms with Gasteiger partial charge < -0.3 is 4.90 Å². The Hall–Kier alpha value is -1.75. The van der Waals surface area contributed by atoms with Crippen LogP contribution in [0.15, 0.2) is 30.3 Å². The first-order valence-electron chi connectivity index (χ1n) is 7.34. The van der Waals surface area contributed by atoms with Crippen LogP contribution in [0.5, 0.6) is 0 Å². The van der Waals surface area contributed by atoms with Gasteiger partial charge in [0.1, 0.15) is 10.0 Å². The molecule has 1 amide bonds. The minimum atomic E-state index is 0.215. The first-order chi connectivity index (χ1) is 10.2. The Morgan fingerprint density at radius 1 is 1.33 bits per heavy atom. The lowest BCUT2D eigenvalue weighted by Crippen LogP contribution is -2.39. The van der Waals surface area contributed by atoms with Crippen molar-refractivity contribution in [3.05, 3.63) is 45.9 Å². The van der Waals surface area contributed by atoms with Crippen LogP contribution in [0.3, 0.4) is 0 Å². The van der Waals surface area contributed by atoms with E-state index in [0.29, 0.717) is 12.3 Å². The number of hydrogen-bond acceptors (Lipinski definition) is 4. The van der Waals surface area contributed by atoms with Crippen molar-refractivity contribution in [1.82, 2.24) is 15.1 Å². The summed E-state index contributed by atoms with van der Waals surface area (Å²) in [5.41, 5.74) is 1.08. The standard InChI is InChI=1S/C16H19N3OS/c1-12-17-18-16(21-12)14-8-5-9-19(11-14)15(20)10-13-6-3-2-4-7-13/h2-4,6-7,14H,5,8-11H2,1H3/t14-/m1/s1. The van der Waals surface area contributed by atoms with Gasteiger partial charge in [0.15, 0.2) is 0 Å². The highest BCUT2D eigenvalue weighted by atomic mass is 32.1. The SMILES string of the molecule is Cc1nnc([C@@H]2CCCN(C(=O)Cc3ccccc3)C2)s1. The summed E-state index contributed by atoms with van der Waals surface area (Å²) in [6.45, 7) is 3.61. The van der Waals surface area contributed by atoms with Crippen LogP contribution >= 0.6 is 11.3 Å². The number of carbonyl (C=O) groups is 1. The monoisotopic (exact) mass is 301 g/mol. The summed E-state index contributed by atoms with van der Waals surface area (Å²) in [5, 5.41) is 10.4. The van der Waals surface area contributed by atoms with Gasteiger partial charge in [-0.15, -0.1) is 21.5 Å². The van der Waals surface area contributed by atoms with E-state index >= 15 is 0 Å². The van der Waals surface area contributed by atoms with Gasteiger partial charge in [0.2, 0.25) is 5.91 Å². The van der Waals surface area contributed by atoms with Gasteiger partial charge in [0.25, 0.3) is 0 Å². The molecule has 0 spiro atoms. The fourth-order valence-corrected chi connectivity index (χ4v) is 3.59. The van der Waals surface area contributed by atoms with Crippen molar-refractivity contribution in [1.29, 1.82) is 0 Å². The number of aromatic nitrogens is 2. The van der Waals surface area contributed by atoms with Crippen LogP contribution in [0.25, 0.3) is 0 Å². The molecule has 2 heterocycles. The molecule has 1 aliphatic rings. The summed E-state index contributed by atoms with van der Waals surface area (Å²) < 4.78 is 0. The number of hydrogen-bond donors (Lipinski definition) is 0. The smallest absolute Gasteiger partial charge is 0.227 e. The summed E-state index contributed by atoms with van der Waals surface area (Å²) in [5.74, 6) is 0.566. The second-order valence-corrected chi connectivity index (χ2v) is 6.71. The molecule has 0 bridgehead atoms. The second-order valence-electron chi connectivity index (χ2n) is 5.50. The van der Waals surface area contributed by atoms with Crippen LogP contribution in [-0.4, -0.2) is 34.1 Å². The first kappa shape index (κ1) is 14.2. The number of nitrogens with zero attached hydrogens (tertiary/aromatic N) is 3. The van der Waals surface area contributed by atoms with Crippen LogP contribution < -0.4 is 0 Å². The molecular weight excluding hydrogens is 282 g/mol. The maximum atomic E-state index is 12.4. The van der Waals surface area contributed by atoms with Gasteiger partial charge in [0.05, 0.1) is 6.42 Å². The van der Waals surface area contributed by atoms with E-state index in [1.165, 1.54) is 0 Å². The van der Waals surface area contributed by atoms with Crippen molar-refractivity contribution in [3.63, 3.8) is 0 Å². The lowest BCUT2D eigenvalue weighted by Gasteiger charge is -2.31. The highest BCUT2D eigenvalue weighted by Gasteiger charge is 2.26. The molecule has 0 aliphatic carbocycles. The molecule has 1 atom stereocenters. The van der Waals surface area contributed by atoms with Crippen LogP contribution in [0, 0.1) is 6.92 Å². The summed E-state index contributed by atoms with van der Waals surface area (Å²) >= 11 is 1.65. The van der Waals surface area contributed by atoms with Gasteiger partial charge in [-0.3, -0.25) is 4.79 Å². The molecule has 1 aliphatic heterocycles. The first-order valence-corrected chi connectivity index (χ1v) is 8.16. The predicted octanol–water partition coefficient (Wildman–Crippen LogP) is 2.80. The molecule has 1 aromatic heterocycles. The van der Waals surface area contributed by atoms with E-state index in [-0.39, 0.29) is 5.91 Å². The maximum Gasteiger partial charge on any atom is 0.227 e. The van der Waals surface area contributed by atoms with Crippen LogP contribution in [0.1, 0.15) is 34.3 Å². The third-order valence-corrected chi connectivity index (χ3v) is 4.86. The molecule has 3 rings (SSSR count). The van der Waals surface area contributed by atoms with Gasteiger partial charge in [-0.25, -0.2) is 0 Å². The minimum Gasteiger partial charge on any atom is -0.342 e. The predicted molar refractivity (Wildman–Crippen MR) is 83.3 cm³/mol. The summed E-state index contributed by atoms with van der Waals surface area (Å²) in [6, 6.07) is 9.95. The van der Waals surface area contributed by atoms with Crippen molar-refractivity contribution in [2.24, 2.45) is 0 Å². The Bertz CT molecular complexity index is 611. The number of amides is 1. The molecule has 4 nitrogen and oxygen atoms in total. The molecule has 110 valence electrons. The molecule has 0 unspecified atom stereocenters. The molecule has 1 fully saturated rings. The van der Waals surface area contributed by atoms with Crippen LogP contribution in [0.2, 0.25) is 0 Å². The van der Waals surface area contributed by atoms with E-state index in [2.05, 4.69) is 10.2 Å². The van der Waals surface area contributed by atoms with E-state index in [9.17, 15) is 4.79 Å². The number of aryl methyl sites for hydroxylation is 1. The van der Waals surface area contributed by atoms with Gasteiger partial charge in [0, 0.05) is 19.0 Å². The van der Waals surface area contributed by atoms with Gasteiger partial charge >= 0.3 is 0 Å². The summed E-state index contributed by atoms with van der Waals surface area (Å²) in [4.78, 5) is 14.4. The highest BCUT2D eigenvalue weighted by Crippen LogP contribution is 2.29. The Morgan fingerprint density at radius 2 is 2.14 bits per heavy atom. The molecule has 21 heavy (non-hydrogen) atoms. The van der Waals surface area contributed by atoms with Crippen LogP contribution in [0.4, 0.5) is 0 Å². The zero-order valence-corrected chi connectivity index (χ0v) is 13.0. The average molecular weight is 301 g/mol. The maximum absolute atomic E-state index is 12.4. The molecular formula is C16H19N3OS. The Kier molecular flexibility index (Phi) is 4.29. The van der Waals surface area contributed by atoms with Crippen molar-refractivity contribution < 1.29 is 4.79 Å². The average Bonchev–Trinajstić information content (AvgIpc) is 2.95. The third-order valence-electron chi connectivity index (χ3n) is 3.86. The van der Waals surface area contributed by atoms with Crippen LogP contribution in [-0.2, 0) is 11.2 Å². The van der Waals surface area contributed by atoms with Gasteiger partial charge in [-0.2, -0.15) is 0 Å². The van der Waals surface area contributed by atoms with Crippen molar-refractivity contribution in [3.8, 4) is 0 Å². The second kappa shape index (κ2) is 6.35. The zero-order valence-electron chi connectivity index (χ0n) is 12.2. The van der Waals surface area contributed by atoms with E-state index < -0.39 is 0 Å². The lowest BCUT2D eigenvalue weighted by molar-refractivity contribution is -0.131. The van der Waals surface area contributed by atoms with E-state index in [1.807, 2.05) is 42.2 Å². The van der Waals surface area contributed by atoms with Crippen molar-refractivity contribution in [2.75, 3.05) is 13.1 Å². The molecule has 0 saturated carbocycles. The molecule has 2 aromatic rings. The molecule has 0 N–H and O–H groups in total. The van der Waals surface area contributed by atoms with E-state index in [1.54, 1.807) is 11.3 Å². The molecule has 5 heteroatoms. The largest absolute Gasteiger partial charge is 0.342 e. The van der Waals surface area contributed by atoms with Gasteiger partial charge in [-0.1, -0.05) is 30.3 Å². The third kappa shape index (κ3) is 3.47. The molecule has 1 saturated heterocycles. The lowest BCUT2D eigenvalue weighted by atomic mass is 9.98. The Labute approximate surface area is 128 Å². The number of rotatable bonds is 3. The fourth-order valence-electron chi connectivity index (χ4n) is 2.76. The van der Waals surface area contributed by atoms with Crippen molar-refractivity contribution >= 4 is 17.2 Å². The summed E-state index contributed by atoms with van der Waals surface area (Å²) in [7, 11) is 0.